The highest BCUT2D eigenvalue weighted by Crippen LogP contribution is 2.32. The molecule has 0 unspecified atom stereocenters. The topological polar surface area (TPSA) is 78.1 Å². The van der Waals surface area contributed by atoms with Gasteiger partial charge in [-0.05, 0) is 53.6 Å². The van der Waals surface area contributed by atoms with Crippen molar-refractivity contribution in [1.29, 1.82) is 0 Å². The minimum atomic E-state index is -0.145. The van der Waals surface area contributed by atoms with Gasteiger partial charge in [-0.15, -0.1) is 0 Å². The van der Waals surface area contributed by atoms with Crippen LogP contribution in [0, 0.1) is 3.57 Å². The van der Waals surface area contributed by atoms with Crippen LogP contribution in [-0.2, 0) is 4.79 Å². The second kappa shape index (κ2) is 7.38. The summed E-state index contributed by atoms with van der Waals surface area (Å²) >= 11 is 5.70. The Hall–Kier alpha value is -1.68. The van der Waals surface area contributed by atoms with Crippen LogP contribution in [0.4, 0.5) is 5.82 Å². The maximum absolute atomic E-state index is 12.5. The monoisotopic (exact) mass is 540 g/mol. The molecule has 6 nitrogen and oxygen atoms in total. The zero-order valence-electron chi connectivity index (χ0n) is 14.7. The fraction of sp³-hybridized carbons (Fsp3) is 0.316. The quantitative estimate of drug-likeness (QED) is 0.382. The van der Waals surface area contributed by atoms with Gasteiger partial charge in [0.15, 0.2) is 0 Å². The Morgan fingerprint density at radius 1 is 1.41 bits per heavy atom. The van der Waals surface area contributed by atoms with Gasteiger partial charge in [0.1, 0.15) is 5.82 Å². The number of hydrogen-bond donors (Lipinski definition) is 2. The highest BCUT2D eigenvalue weighted by molar-refractivity contribution is 14.1. The molecule has 3 aromatic rings. The van der Waals surface area contributed by atoms with Crippen molar-refractivity contribution >= 4 is 71.9 Å². The van der Waals surface area contributed by atoms with Crippen molar-refractivity contribution in [3.05, 3.63) is 42.8 Å². The molecule has 2 aromatic heterocycles. The predicted octanol–water partition coefficient (Wildman–Crippen LogP) is 3.87. The summed E-state index contributed by atoms with van der Waals surface area (Å²) in [6.07, 6.45) is 3.63. The van der Waals surface area contributed by atoms with Gasteiger partial charge >= 0.3 is 0 Å². The Morgan fingerprint density at radius 3 is 3.00 bits per heavy atom. The molecule has 0 bridgehead atoms. The van der Waals surface area contributed by atoms with Gasteiger partial charge in [0.05, 0.1) is 14.5 Å². The number of fused-ring (bicyclic) bond motifs is 3. The number of carbonyl (C=O) groups is 1. The molecule has 8 heteroatoms. The third-order valence-electron chi connectivity index (χ3n) is 4.96. The molecule has 2 N–H and O–H groups in total. The molecule has 0 spiro atoms. The number of hydrogen-bond acceptors (Lipinski definition) is 4. The van der Waals surface area contributed by atoms with Crippen molar-refractivity contribution in [1.82, 2.24) is 14.9 Å². The van der Waals surface area contributed by atoms with Gasteiger partial charge in [-0.25, -0.2) is 4.98 Å². The number of carbonyl (C=O) groups excluding carboxylic acids is 1. The molecule has 1 aromatic carbocycles. The molecule has 1 atom stereocenters. The van der Waals surface area contributed by atoms with Gasteiger partial charge in [0.2, 0.25) is 5.91 Å². The molecule has 1 aliphatic heterocycles. The summed E-state index contributed by atoms with van der Waals surface area (Å²) in [5, 5.41) is 5.88. The Morgan fingerprint density at radius 2 is 2.22 bits per heavy atom. The third kappa shape index (κ3) is 3.56. The Bertz CT molecular complexity index is 1110. The van der Waals surface area contributed by atoms with E-state index in [-0.39, 0.29) is 17.5 Å². The predicted molar refractivity (Wildman–Crippen MR) is 119 cm³/mol. The van der Waals surface area contributed by atoms with Gasteiger partial charge in [-0.2, -0.15) is 0 Å². The largest absolute Gasteiger partial charge is 0.365 e. The Labute approximate surface area is 178 Å². The van der Waals surface area contributed by atoms with Gasteiger partial charge in [-0.1, -0.05) is 15.9 Å². The highest BCUT2D eigenvalue weighted by atomic mass is 127. The Balaban J connectivity index is 1.86. The van der Waals surface area contributed by atoms with Gasteiger partial charge in [0, 0.05) is 47.5 Å². The number of aromatic nitrogens is 2. The van der Waals surface area contributed by atoms with Crippen LogP contribution in [0.3, 0.4) is 0 Å². The van der Waals surface area contributed by atoms with Crippen molar-refractivity contribution in [2.24, 2.45) is 0 Å². The number of aromatic amines is 1. The number of anilines is 1. The van der Waals surface area contributed by atoms with E-state index in [9.17, 15) is 9.59 Å². The second-order valence-electron chi connectivity index (χ2n) is 6.79. The highest BCUT2D eigenvalue weighted by Gasteiger charge is 2.23. The van der Waals surface area contributed by atoms with Crippen LogP contribution in [0.5, 0.6) is 0 Å². The fourth-order valence-electron chi connectivity index (χ4n) is 3.64. The van der Waals surface area contributed by atoms with Crippen LogP contribution in [0.2, 0.25) is 0 Å². The molecule has 27 heavy (non-hydrogen) atoms. The lowest BCUT2D eigenvalue weighted by Gasteiger charge is -2.33. The number of likely N-dealkylation sites (tertiary alicyclic amines) is 1. The lowest BCUT2D eigenvalue weighted by molar-refractivity contribution is -0.129. The standard InChI is InChI=1S/C19H18BrIN4O2/c1-10(26)25-6-2-3-12(9-25)23-18-13-5-4-11(20)7-14(13)16-17(24-18)15(21)8-22-19(16)27/h4-5,7-8,12H,2-3,6,9H2,1H3,(H,22,27)(H,23,24)/t12-/m0/s1. The average molecular weight is 541 g/mol. The first-order chi connectivity index (χ1) is 12.9. The smallest absolute Gasteiger partial charge is 0.258 e. The summed E-state index contributed by atoms with van der Waals surface area (Å²) in [4.78, 5) is 33.7. The van der Waals surface area contributed by atoms with Crippen molar-refractivity contribution in [2.75, 3.05) is 18.4 Å². The number of piperidine rings is 1. The lowest BCUT2D eigenvalue weighted by atomic mass is 10.0. The van der Waals surface area contributed by atoms with Crippen LogP contribution >= 0.6 is 38.5 Å². The molecular weight excluding hydrogens is 523 g/mol. The van der Waals surface area contributed by atoms with E-state index >= 15 is 0 Å². The van der Waals surface area contributed by atoms with Crippen molar-refractivity contribution in [2.45, 2.75) is 25.8 Å². The number of nitrogens with zero attached hydrogens (tertiary/aromatic N) is 2. The van der Waals surface area contributed by atoms with E-state index in [0.29, 0.717) is 17.4 Å². The molecular formula is C19H18BrIN4O2. The number of halogens is 2. The summed E-state index contributed by atoms with van der Waals surface area (Å²) in [6, 6.07) is 6.02. The van der Waals surface area contributed by atoms with E-state index in [1.807, 2.05) is 23.1 Å². The number of rotatable bonds is 2. The maximum Gasteiger partial charge on any atom is 0.258 e. The number of H-pyrrole nitrogens is 1. The van der Waals surface area contributed by atoms with E-state index in [2.05, 4.69) is 48.8 Å². The van der Waals surface area contributed by atoms with E-state index in [1.165, 1.54) is 0 Å². The zero-order valence-corrected chi connectivity index (χ0v) is 18.4. The molecule has 4 rings (SSSR count). The summed E-state index contributed by atoms with van der Waals surface area (Å²) in [5.41, 5.74) is 0.541. The molecule has 3 heterocycles. The Kier molecular flexibility index (Phi) is 5.11. The van der Waals surface area contributed by atoms with Crippen molar-refractivity contribution in [3.63, 3.8) is 0 Å². The number of benzene rings is 1. The van der Waals surface area contributed by atoms with E-state index in [0.717, 1.165) is 44.0 Å². The third-order valence-corrected chi connectivity index (χ3v) is 6.27. The molecule has 0 aliphatic carbocycles. The molecule has 0 radical (unpaired) electrons. The first-order valence-corrected chi connectivity index (χ1v) is 10.6. The second-order valence-corrected chi connectivity index (χ2v) is 8.87. The molecule has 1 amide bonds. The maximum atomic E-state index is 12.5. The van der Waals surface area contributed by atoms with Gasteiger partial charge < -0.3 is 15.2 Å². The fourth-order valence-corrected chi connectivity index (χ4v) is 4.55. The number of pyridine rings is 2. The van der Waals surface area contributed by atoms with Crippen LogP contribution in [0.25, 0.3) is 21.7 Å². The van der Waals surface area contributed by atoms with Crippen LogP contribution in [0.1, 0.15) is 19.8 Å². The average Bonchev–Trinajstić information content (AvgIpc) is 2.64. The van der Waals surface area contributed by atoms with Crippen LogP contribution < -0.4 is 10.9 Å². The SMILES string of the molecule is CC(=O)N1CCC[C@H](Nc2nc3c(I)c[nH]c(=O)c3c3cc(Br)ccc23)C1. The van der Waals surface area contributed by atoms with Gasteiger partial charge in [0.25, 0.3) is 5.56 Å². The lowest BCUT2D eigenvalue weighted by Crippen LogP contribution is -2.44. The number of amides is 1. The zero-order chi connectivity index (χ0) is 19.1. The molecule has 140 valence electrons. The summed E-state index contributed by atoms with van der Waals surface area (Å²) in [7, 11) is 0. The first-order valence-electron chi connectivity index (χ1n) is 8.76. The van der Waals surface area contributed by atoms with E-state index in [4.69, 9.17) is 4.98 Å². The normalized spacial score (nSPS) is 17.4. The molecule has 1 aliphatic rings. The van der Waals surface area contributed by atoms with Crippen LogP contribution in [0.15, 0.2) is 33.7 Å². The van der Waals surface area contributed by atoms with E-state index in [1.54, 1.807) is 13.1 Å². The number of nitrogens with one attached hydrogen (secondary N) is 2. The minimum absolute atomic E-state index is 0.0999. The molecule has 0 saturated carbocycles. The first kappa shape index (κ1) is 18.7. The molecule has 1 fully saturated rings. The van der Waals surface area contributed by atoms with Crippen molar-refractivity contribution in [3.8, 4) is 0 Å². The minimum Gasteiger partial charge on any atom is -0.365 e. The van der Waals surface area contributed by atoms with Crippen molar-refractivity contribution < 1.29 is 4.79 Å². The summed E-state index contributed by atoms with van der Waals surface area (Å²) in [6.45, 7) is 3.08. The summed E-state index contributed by atoms with van der Waals surface area (Å²) < 4.78 is 1.80. The summed E-state index contributed by atoms with van der Waals surface area (Å²) in [5.74, 6) is 0.853. The van der Waals surface area contributed by atoms with Gasteiger partial charge in [-0.3, -0.25) is 9.59 Å². The van der Waals surface area contributed by atoms with Crippen LogP contribution in [-0.4, -0.2) is 39.9 Å². The molecule has 1 saturated heterocycles. The van der Waals surface area contributed by atoms with E-state index < -0.39 is 0 Å².